The number of aryl methyl sites for hydroxylation is 3. The van der Waals surface area contributed by atoms with Gasteiger partial charge in [0, 0.05) is 11.3 Å². The zero-order chi connectivity index (χ0) is 13.3. The van der Waals surface area contributed by atoms with E-state index in [1.165, 1.54) is 5.56 Å². The highest BCUT2D eigenvalue weighted by atomic mass is 16.3. The third kappa shape index (κ3) is 2.30. The normalized spacial score (nSPS) is 10.4. The summed E-state index contributed by atoms with van der Waals surface area (Å²) in [6, 6.07) is 7.72. The second-order valence-electron chi connectivity index (χ2n) is 4.53. The molecule has 0 unspecified atom stereocenters. The summed E-state index contributed by atoms with van der Waals surface area (Å²) in [7, 11) is 0. The van der Waals surface area contributed by atoms with Crippen LogP contribution < -0.4 is 5.32 Å². The quantitative estimate of drug-likeness (QED) is 0.872. The molecule has 1 N–H and O–H groups in total. The van der Waals surface area contributed by atoms with Gasteiger partial charge in [-0.05, 0) is 39.8 Å². The molecule has 0 saturated carbocycles. The number of amides is 1. The summed E-state index contributed by atoms with van der Waals surface area (Å²) < 4.78 is 5.46. The van der Waals surface area contributed by atoms with Crippen molar-refractivity contribution in [2.45, 2.75) is 27.7 Å². The van der Waals surface area contributed by atoms with E-state index in [1.807, 2.05) is 52.0 Å². The van der Waals surface area contributed by atoms with Crippen molar-refractivity contribution in [3.8, 4) is 0 Å². The maximum Gasteiger partial charge on any atom is 0.259 e. The number of carbonyl (C=O) groups excluding carboxylic acids is 1. The maximum absolute atomic E-state index is 12.2. The molecule has 1 aromatic carbocycles. The second-order valence-corrected chi connectivity index (χ2v) is 4.53. The summed E-state index contributed by atoms with van der Waals surface area (Å²) in [6.45, 7) is 7.59. The third-order valence-corrected chi connectivity index (χ3v) is 3.10. The number of hydrogen-bond acceptors (Lipinski definition) is 2. The maximum atomic E-state index is 12.2. The van der Waals surface area contributed by atoms with Gasteiger partial charge < -0.3 is 9.73 Å². The van der Waals surface area contributed by atoms with E-state index in [0.717, 1.165) is 17.0 Å². The molecular formula is C15H17NO2. The molecule has 0 saturated heterocycles. The van der Waals surface area contributed by atoms with Crippen molar-refractivity contribution in [2.24, 2.45) is 0 Å². The molecular weight excluding hydrogens is 226 g/mol. The van der Waals surface area contributed by atoms with Crippen LogP contribution in [0.25, 0.3) is 0 Å². The van der Waals surface area contributed by atoms with E-state index in [4.69, 9.17) is 4.42 Å². The van der Waals surface area contributed by atoms with Crippen molar-refractivity contribution in [2.75, 3.05) is 5.32 Å². The highest BCUT2D eigenvalue weighted by molar-refractivity contribution is 6.06. The van der Waals surface area contributed by atoms with E-state index < -0.39 is 0 Å². The van der Waals surface area contributed by atoms with Gasteiger partial charge in [-0.2, -0.15) is 0 Å². The Bertz CT molecular complexity index is 579. The molecule has 3 heteroatoms. The number of furan rings is 1. The van der Waals surface area contributed by atoms with Crippen molar-refractivity contribution in [3.05, 3.63) is 52.5 Å². The van der Waals surface area contributed by atoms with Gasteiger partial charge in [0.1, 0.15) is 11.5 Å². The van der Waals surface area contributed by atoms with Crippen LogP contribution in [0.5, 0.6) is 0 Å². The van der Waals surface area contributed by atoms with E-state index in [9.17, 15) is 4.79 Å². The number of rotatable bonds is 2. The summed E-state index contributed by atoms with van der Waals surface area (Å²) in [5.74, 6) is 1.34. The van der Waals surface area contributed by atoms with Crippen molar-refractivity contribution in [3.63, 3.8) is 0 Å². The molecule has 0 aliphatic heterocycles. The molecule has 18 heavy (non-hydrogen) atoms. The summed E-state index contributed by atoms with van der Waals surface area (Å²) in [5, 5.41) is 2.88. The van der Waals surface area contributed by atoms with Gasteiger partial charge in [0.05, 0.1) is 5.56 Å². The zero-order valence-corrected chi connectivity index (χ0v) is 11.1. The molecule has 3 nitrogen and oxygen atoms in total. The molecule has 0 bridgehead atoms. The van der Waals surface area contributed by atoms with E-state index in [-0.39, 0.29) is 5.91 Å². The number of carbonyl (C=O) groups is 1. The van der Waals surface area contributed by atoms with Gasteiger partial charge in [0.15, 0.2) is 0 Å². The molecule has 94 valence electrons. The molecule has 0 aliphatic rings. The summed E-state index contributed by atoms with van der Waals surface area (Å²) in [4.78, 5) is 12.2. The Morgan fingerprint density at radius 2 is 1.61 bits per heavy atom. The first-order chi connectivity index (χ1) is 8.49. The lowest BCUT2D eigenvalue weighted by molar-refractivity contribution is 0.102. The van der Waals surface area contributed by atoms with E-state index in [0.29, 0.717) is 11.3 Å². The first-order valence-corrected chi connectivity index (χ1v) is 5.93. The number of hydrogen-bond donors (Lipinski definition) is 1. The molecule has 2 aromatic rings. The number of benzene rings is 1. The predicted octanol–water partition coefficient (Wildman–Crippen LogP) is 3.77. The molecule has 0 radical (unpaired) electrons. The number of nitrogens with one attached hydrogen (secondary N) is 1. The van der Waals surface area contributed by atoms with Crippen molar-refractivity contribution in [1.82, 2.24) is 0 Å². The Balaban J connectivity index is 2.24. The van der Waals surface area contributed by atoms with Crippen LogP contribution in [0.3, 0.4) is 0 Å². The van der Waals surface area contributed by atoms with E-state index >= 15 is 0 Å². The topological polar surface area (TPSA) is 42.2 Å². The Labute approximate surface area is 107 Å². The van der Waals surface area contributed by atoms with Crippen LogP contribution in [0, 0.1) is 27.7 Å². The Hall–Kier alpha value is -2.03. The van der Waals surface area contributed by atoms with Crippen LogP contribution in [-0.2, 0) is 0 Å². The Morgan fingerprint density at radius 1 is 1.00 bits per heavy atom. The molecule has 2 rings (SSSR count). The minimum absolute atomic E-state index is 0.120. The summed E-state index contributed by atoms with van der Waals surface area (Å²) in [5.41, 5.74) is 3.49. The highest BCUT2D eigenvalue weighted by Gasteiger charge is 2.18. The molecule has 1 amide bonds. The van der Waals surface area contributed by atoms with Crippen LogP contribution in [0.15, 0.2) is 28.7 Å². The fraction of sp³-hybridized carbons (Fsp3) is 0.267. The van der Waals surface area contributed by atoms with Gasteiger partial charge >= 0.3 is 0 Å². The highest BCUT2D eigenvalue weighted by Crippen LogP contribution is 2.22. The molecule has 1 aromatic heterocycles. The van der Waals surface area contributed by atoms with Gasteiger partial charge in [0.25, 0.3) is 5.91 Å². The SMILES string of the molecule is Cc1ccc(NC(=O)c2c(C)oc(C)c2C)cc1. The summed E-state index contributed by atoms with van der Waals surface area (Å²) >= 11 is 0. The lowest BCUT2D eigenvalue weighted by atomic mass is 10.1. The third-order valence-electron chi connectivity index (χ3n) is 3.10. The first kappa shape index (κ1) is 12.4. The average Bonchev–Trinajstić information content (AvgIpc) is 2.56. The van der Waals surface area contributed by atoms with Crippen LogP contribution in [0.2, 0.25) is 0 Å². The van der Waals surface area contributed by atoms with Crippen LogP contribution in [-0.4, -0.2) is 5.91 Å². The standard InChI is InChI=1S/C15H17NO2/c1-9-5-7-13(8-6-9)16-15(17)14-10(2)11(3)18-12(14)4/h5-8H,1-4H3,(H,16,17). The zero-order valence-electron chi connectivity index (χ0n) is 11.1. The van der Waals surface area contributed by atoms with Crippen LogP contribution in [0.4, 0.5) is 5.69 Å². The molecule has 0 aliphatic carbocycles. The minimum Gasteiger partial charge on any atom is -0.466 e. The monoisotopic (exact) mass is 243 g/mol. The first-order valence-electron chi connectivity index (χ1n) is 5.93. The van der Waals surface area contributed by atoms with Crippen LogP contribution in [0.1, 0.15) is 33.0 Å². The van der Waals surface area contributed by atoms with Gasteiger partial charge in [-0.1, -0.05) is 17.7 Å². The molecule has 1 heterocycles. The Morgan fingerprint density at radius 3 is 2.11 bits per heavy atom. The van der Waals surface area contributed by atoms with Gasteiger partial charge in [-0.25, -0.2) is 0 Å². The second kappa shape index (κ2) is 4.69. The van der Waals surface area contributed by atoms with Crippen molar-refractivity contribution < 1.29 is 9.21 Å². The fourth-order valence-corrected chi connectivity index (χ4v) is 1.96. The van der Waals surface area contributed by atoms with Gasteiger partial charge in [0.2, 0.25) is 0 Å². The molecule has 0 atom stereocenters. The van der Waals surface area contributed by atoms with Gasteiger partial charge in [-0.3, -0.25) is 4.79 Å². The predicted molar refractivity (Wildman–Crippen MR) is 72.1 cm³/mol. The lowest BCUT2D eigenvalue weighted by Gasteiger charge is -2.05. The van der Waals surface area contributed by atoms with Gasteiger partial charge in [-0.15, -0.1) is 0 Å². The lowest BCUT2D eigenvalue weighted by Crippen LogP contribution is -2.13. The molecule has 0 spiro atoms. The minimum atomic E-state index is -0.120. The largest absolute Gasteiger partial charge is 0.466 e. The number of anilines is 1. The van der Waals surface area contributed by atoms with E-state index in [1.54, 1.807) is 0 Å². The van der Waals surface area contributed by atoms with Crippen molar-refractivity contribution >= 4 is 11.6 Å². The Kier molecular flexibility index (Phi) is 3.24. The smallest absolute Gasteiger partial charge is 0.259 e. The van der Waals surface area contributed by atoms with Crippen LogP contribution >= 0.6 is 0 Å². The average molecular weight is 243 g/mol. The molecule has 0 fully saturated rings. The summed E-state index contributed by atoms with van der Waals surface area (Å²) in [6.07, 6.45) is 0. The van der Waals surface area contributed by atoms with E-state index in [2.05, 4.69) is 5.32 Å². The van der Waals surface area contributed by atoms with Crippen molar-refractivity contribution in [1.29, 1.82) is 0 Å². The fourth-order valence-electron chi connectivity index (χ4n) is 1.96.